The number of nitrogens with one attached hydrogen (secondary N) is 1. The van der Waals surface area contributed by atoms with Crippen LogP contribution in [0.1, 0.15) is 45.5 Å². The summed E-state index contributed by atoms with van der Waals surface area (Å²) in [5.74, 6) is -0.772. The van der Waals surface area contributed by atoms with Gasteiger partial charge in [0.15, 0.2) is 0 Å². The second-order valence-corrected chi connectivity index (χ2v) is 6.98. The minimum Gasteiger partial charge on any atom is -0.355 e. The average Bonchev–Trinajstić information content (AvgIpc) is 3.43. The molecule has 2 aliphatic rings. The molecule has 5 heteroatoms. The molecule has 132 valence electrons. The number of carbonyl (C=O) groups excluding carboxylic acids is 3. The van der Waals surface area contributed by atoms with Gasteiger partial charge in [-0.05, 0) is 30.5 Å². The van der Waals surface area contributed by atoms with Crippen LogP contribution in [-0.4, -0.2) is 35.7 Å². The molecule has 0 radical (unpaired) electrons. The molecule has 1 N–H and O–H groups in total. The average molecular weight is 348 g/mol. The Kier molecular flexibility index (Phi) is 4.07. The highest BCUT2D eigenvalue weighted by Gasteiger charge is 2.44. The van der Waals surface area contributed by atoms with Crippen LogP contribution in [0.3, 0.4) is 0 Å². The molecule has 0 bridgehead atoms. The van der Waals surface area contributed by atoms with Gasteiger partial charge in [-0.25, -0.2) is 0 Å². The van der Waals surface area contributed by atoms with Gasteiger partial charge in [0.2, 0.25) is 5.91 Å². The van der Waals surface area contributed by atoms with E-state index in [0.29, 0.717) is 17.7 Å². The van der Waals surface area contributed by atoms with Crippen LogP contribution in [0.2, 0.25) is 0 Å². The lowest BCUT2D eigenvalue weighted by Gasteiger charge is -2.18. The van der Waals surface area contributed by atoms with E-state index < -0.39 is 0 Å². The second kappa shape index (κ2) is 6.41. The first-order valence-electron chi connectivity index (χ1n) is 8.88. The maximum atomic E-state index is 12.3. The topological polar surface area (TPSA) is 66.5 Å². The van der Waals surface area contributed by atoms with Gasteiger partial charge in [-0.1, -0.05) is 42.5 Å². The zero-order valence-corrected chi connectivity index (χ0v) is 14.4. The van der Waals surface area contributed by atoms with Gasteiger partial charge in [-0.2, -0.15) is 0 Å². The molecule has 1 heterocycles. The molecular formula is C21H20N2O3. The highest BCUT2D eigenvalue weighted by molar-refractivity contribution is 6.21. The Morgan fingerprint density at radius 2 is 1.50 bits per heavy atom. The van der Waals surface area contributed by atoms with Crippen molar-refractivity contribution in [2.75, 3.05) is 13.1 Å². The Morgan fingerprint density at radius 3 is 2.08 bits per heavy atom. The smallest absolute Gasteiger partial charge is 0.261 e. The zero-order valence-electron chi connectivity index (χ0n) is 14.4. The van der Waals surface area contributed by atoms with E-state index in [1.807, 2.05) is 18.2 Å². The summed E-state index contributed by atoms with van der Waals surface area (Å²) in [7, 11) is 0. The van der Waals surface area contributed by atoms with Gasteiger partial charge >= 0.3 is 0 Å². The van der Waals surface area contributed by atoms with Crippen LogP contribution in [0, 0.1) is 0 Å². The third kappa shape index (κ3) is 2.90. The maximum absolute atomic E-state index is 12.3. The SMILES string of the molecule is O=C(CCN1C(=O)c2ccccc2C1=O)NCC1(c2ccccc2)CC1. The normalized spacial score (nSPS) is 17.2. The molecule has 1 saturated carbocycles. The number of rotatable bonds is 6. The summed E-state index contributed by atoms with van der Waals surface area (Å²) >= 11 is 0. The molecule has 2 aromatic rings. The molecule has 0 atom stereocenters. The summed E-state index contributed by atoms with van der Waals surface area (Å²) in [5, 5.41) is 2.97. The number of fused-ring (bicyclic) bond motifs is 1. The number of carbonyl (C=O) groups is 3. The highest BCUT2D eigenvalue weighted by atomic mass is 16.2. The van der Waals surface area contributed by atoms with E-state index in [9.17, 15) is 14.4 Å². The highest BCUT2D eigenvalue weighted by Crippen LogP contribution is 2.47. The molecule has 0 saturated heterocycles. The predicted octanol–water partition coefficient (Wildman–Crippen LogP) is 2.52. The third-order valence-electron chi connectivity index (χ3n) is 5.30. The van der Waals surface area contributed by atoms with Crippen LogP contribution >= 0.6 is 0 Å². The number of amides is 3. The minimum atomic E-state index is -0.318. The lowest BCUT2D eigenvalue weighted by atomic mass is 9.96. The summed E-state index contributed by atoms with van der Waals surface area (Å²) in [6.07, 6.45) is 2.25. The van der Waals surface area contributed by atoms with Crippen LogP contribution in [0.5, 0.6) is 0 Å². The predicted molar refractivity (Wildman–Crippen MR) is 96.8 cm³/mol. The van der Waals surface area contributed by atoms with Crippen molar-refractivity contribution in [1.82, 2.24) is 10.2 Å². The maximum Gasteiger partial charge on any atom is 0.261 e. The van der Waals surface area contributed by atoms with Gasteiger partial charge in [0.1, 0.15) is 0 Å². The van der Waals surface area contributed by atoms with Crippen molar-refractivity contribution in [3.05, 3.63) is 71.3 Å². The van der Waals surface area contributed by atoms with Crippen molar-refractivity contribution in [3.63, 3.8) is 0 Å². The lowest BCUT2D eigenvalue weighted by molar-refractivity contribution is -0.121. The number of nitrogens with zero attached hydrogens (tertiary/aromatic N) is 1. The van der Waals surface area contributed by atoms with Gasteiger partial charge in [0, 0.05) is 24.9 Å². The fourth-order valence-electron chi connectivity index (χ4n) is 3.52. The van der Waals surface area contributed by atoms with E-state index in [0.717, 1.165) is 17.7 Å². The number of hydrogen-bond acceptors (Lipinski definition) is 3. The number of imide groups is 1. The quantitative estimate of drug-likeness (QED) is 0.816. The standard InChI is InChI=1S/C21H20N2O3/c24-18(22-14-21(11-12-21)15-6-2-1-3-7-15)10-13-23-19(25)16-8-4-5-9-17(16)20(23)26/h1-9H,10-14H2,(H,22,24). The van der Waals surface area contributed by atoms with Crippen LogP contribution < -0.4 is 5.32 Å². The lowest BCUT2D eigenvalue weighted by Crippen LogP contribution is -2.37. The van der Waals surface area contributed by atoms with Gasteiger partial charge in [0.25, 0.3) is 11.8 Å². The molecular weight excluding hydrogens is 328 g/mol. The molecule has 26 heavy (non-hydrogen) atoms. The van der Waals surface area contributed by atoms with Crippen LogP contribution in [-0.2, 0) is 10.2 Å². The number of benzene rings is 2. The Labute approximate surface area is 152 Å². The molecule has 5 nitrogen and oxygen atoms in total. The van der Waals surface area contributed by atoms with E-state index in [4.69, 9.17) is 0 Å². The summed E-state index contributed by atoms with van der Waals surface area (Å²) in [5.41, 5.74) is 2.13. The van der Waals surface area contributed by atoms with E-state index in [1.165, 1.54) is 5.56 Å². The van der Waals surface area contributed by atoms with E-state index in [1.54, 1.807) is 24.3 Å². The van der Waals surface area contributed by atoms with Crippen molar-refractivity contribution < 1.29 is 14.4 Å². The van der Waals surface area contributed by atoms with Crippen molar-refractivity contribution in [3.8, 4) is 0 Å². The summed E-state index contributed by atoms with van der Waals surface area (Å²) in [6.45, 7) is 0.703. The Hall–Kier alpha value is -2.95. The zero-order chi connectivity index (χ0) is 18.1. The molecule has 4 rings (SSSR count). The van der Waals surface area contributed by atoms with Crippen molar-refractivity contribution in [1.29, 1.82) is 0 Å². The molecule has 0 spiro atoms. The molecule has 2 aromatic carbocycles. The molecule has 1 fully saturated rings. The molecule has 0 unspecified atom stereocenters. The van der Waals surface area contributed by atoms with Crippen molar-refractivity contribution in [2.24, 2.45) is 0 Å². The van der Waals surface area contributed by atoms with Gasteiger partial charge in [-0.3, -0.25) is 19.3 Å². The Morgan fingerprint density at radius 1 is 0.923 bits per heavy atom. The first-order valence-corrected chi connectivity index (χ1v) is 8.88. The van der Waals surface area contributed by atoms with Gasteiger partial charge < -0.3 is 5.32 Å². The van der Waals surface area contributed by atoms with Gasteiger partial charge in [0.05, 0.1) is 11.1 Å². The van der Waals surface area contributed by atoms with Crippen LogP contribution in [0.4, 0.5) is 0 Å². The number of hydrogen-bond donors (Lipinski definition) is 1. The summed E-state index contributed by atoms with van der Waals surface area (Å²) < 4.78 is 0. The fraction of sp³-hybridized carbons (Fsp3) is 0.286. The largest absolute Gasteiger partial charge is 0.355 e. The molecule has 1 aliphatic carbocycles. The van der Waals surface area contributed by atoms with Crippen molar-refractivity contribution >= 4 is 17.7 Å². The molecule has 3 amide bonds. The summed E-state index contributed by atoms with van der Waals surface area (Å²) in [4.78, 5) is 38.0. The monoisotopic (exact) mass is 348 g/mol. The summed E-state index contributed by atoms with van der Waals surface area (Å²) in [6, 6.07) is 17.0. The molecule has 0 aromatic heterocycles. The Bertz CT molecular complexity index is 837. The van der Waals surface area contributed by atoms with Crippen LogP contribution in [0.15, 0.2) is 54.6 Å². The van der Waals surface area contributed by atoms with E-state index in [2.05, 4.69) is 17.4 Å². The first kappa shape index (κ1) is 16.5. The van der Waals surface area contributed by atoms with Gasteiger partial charge in [-0.15, -0.1) is 0 Å². The first-order chi connectivity index (χ1) is 12.6. The van der Waals surface area contributed by atoms with E-state index in [-0.39, 0.29) is 36.1 Å². The van der Waals surface area contributed by atoms with Crippen molar-refractivity contribution in [2.45, 2.75) is 24.7 Å². The van der Waals surface area contributed by atoms with E-state index >= 15 is 0 Å². The minimum absolute atomic E-state index is 0.0481. The van der Waals surface area contributed by atoms with Crippen LogP contribution in [0.25, 0.3) is 0 Å². The third-order valence-corrected chi connectivity index (χ3v) is 5.30. The molecule has 1 aliphatic heterocycles. The Balaban J connectivity index is 1.32. The fourth-order valence-corrected chi connectivity index (χ4v) is 3.52. The second-order valence-electron chi connectivity index (χ2n) is 6.98.